The topological polar surface area (TPSA) is 80.1 Å². The quantitative estimate of drug-likeness (QED) is 0.690. The Kier molecular flexibility index (Phi) is 5.80. The molecule has 1 heterocycles. The summed E-state index contributed by atoms with van der Waals surface area (Å²) in [6.45, 7) is 6.00. The highest BCUT2D eigenvalue weighted by molar-refractivity contribution is 5.78. The molecule has 1 amide bonds. The van der Waals surface area contributed by atoms with Crippen LogP contribution in [0.1, 0.15) is 12.5 Å². The van der Waals surface area contributed by atoms with Gasteiger partial charge in [0.15, 0.2) is 0 Å². The Labute approximate surface area is 157 Å². The molecule has 1 aromatic heterocycles. The summed E-state index contributed by atoms with van der Waals surface area (Å²) in [5.74, 6) is -0.262. The van der Waals surface area contributed by atoms with Gasteiger partial charge in [0.2, 0.25) is 5.91 Å². The van der Waals surface area contributed by atoms with Crippen LogP contribution in [0.4, 0.5) is 5.69 Å². The Balaban J connectivity index is 1.58. The molecule has 0 atom stereocenters. The number of amides is 1. The van der Waals surface area contributed by atoms with Gasteiger partial charge >= 0.3 is 0 Å². The number of nitrogens with one attached hydrogen (secondary N) is 1. The Morgan fingerprint density at radius 3 is 2.78 bits per heavy atom. The predicted molar refractivity (Wildman–Crippen MR) is 106 cm³/mol. The number of carbonyl (C=O) groups excluding carboxylic acids is 1. The number of rotatable bonds is 7. The number of hydrogen-bond acceptors (Lipinski definition) is 5. The molecule has 0 fully saturated rings. The van der Waals surface area contributed by atoms with Crippen molar-refractivity contribution in [2.24, 2.45) is 0 Å². The highest BCUT2D eigenvalue weighted by Crippen LogP contribution is 2.14. The van der Waals surface area contributed by atoms with E-state index in [4.69, 9.17) is 0 Å². The van der Waals surface area contributed by atoms with Crippen LogP contribution in [0.5, 0.6) is 0 Å². The lowest BCUT2D eigenvalue weighted by molar-refractivity contribution is -0.121. The molecular formula is C20H23N5O2. The summed E-state index contributed by atoms with van der Waals surface area (Å²) in [5.41, 5.74) is 2.54. The summed E-state index contributed by atoms with van der Waals surface area (Å²) in [7, 11) is 0. The van der Waals surface area contributed by atoms with E-state index >= 15 is 0 Å². The molecule has 3 rings (SSSR count). The second-order valence-electron chi connectivity index (χ2n) is 6.34. The minimum atomic E-state index is -0.314. The van der Waals surface area contributed by atoms with Gasteiger partial charge in [0, 0.05) is 25.3 Å². The number of benzene rings is 2. The largest absolute Gasteiger partial charge is 0.370 e. The number of aromatic nitrogens is 3. The van der Waals surface area contributed by atoms with Crippen LogP contribution in [0.2, 0.25) is 0 Å². The lowest BCUT2D eigenvalue weighted by Crippen LogP contribution is -2.38. The Hall–Kier alpha value is -3.22. The molecular weight excluding hydrogens is 342 g/mol. The van der Waals surface area contributed by atoms with E-state index in [2.05, 4.69) is 52.6 Å². The van der Waals surface area contributed by atoms with Gasteiger partial charge in [0.1, 0.15) is 12.1 Å². The van der Waals surface area contributed by atoms with Gasteiger partial charge < -0.3 is 10.2 Å². The van der Waals surface area contributed by atoms with Crippen molar-refractivity contribution in [2.75, 3.05) is 24.5 Å². The highest BCUT2D eigenvalue weighted by atomic mass is 16.2. The maximum Gasteiger partial charge on any atom is 0.278 e. The number of nitrogens with zero attached hydrogens (tertiary/aromatic N) is 4. The van der Waals surface area contributed by atoms with Crippen molar-refractivity contribution < 1.29 is 4.79 Å². The van der Waals surface area contributed by atoms with Gasteiger partial charge in [-0.2, -0.15) is 0 Å². The van der Waals surface area contributed by atoms with Gasteiger partial charge in [-0.3, -0.25) is 9.59 Å². The maximum absolute atomic E-state index is 12.4. The number of aryl methyl sites for hydroxylation is 1. The zero-order valence-corrected chi connectivity index (χ0v) is 15.6. The molecule has 0 aliphatic carbocycles. The molecule has 0 aliphatic rings. The van der Waals surface area contributed by atoms with Crippen LogP contribution in [-0.4, -0.2) is 40.5 Å². The summed E-state index contributed by atoms with van der Waals surface area (Å²) in [5, 5.41) is 11.1. The van der Waals surface area contributed by atoms with Crippen LogP contribution in [-0.2, 0) is 11.3 Å². The number of carbonyl (C=O) groups is 1. The molecule has 7 heteroatoms. The normalized spacial score (nSPS) is 10.7. The van der Waals surface area contributed by atoms with Gasteiger partial charge in [-0.05, 0) is 43.7 Å². The highest BCUT2D eigenvalue weighted by Gasteiger charge is 2.10. The zero-order chi connectivity index (χ0) is 19.2. The van der Waals surface area contributed by atoms with Gasteiger partial charge in [-0.25, -0.2) is 4.68 Å². The number of anilines is 1. The minimum absolute atomic E-state index is 0.146. The molecule has 0 radical (unpaired) electrons. The molecule has 0 bridgehead atoms. The third kappa shape index (κ3) is 4.49. The van der Waals surface area contributed by atoms with Gasteiger partial charge in [0.05, 0.1) is 5.39 Å². The molecule has 0 unspecified atom stereocenters. The van der Waals surface area contributed by atoms with Crippen molar-refractivity contribution in [1.82, 2.24) is 20.3 Å². The fraction of sp³-hybridized carbons (Fsp3) is 0.300. The third-order valence-corrected chi connectivity index (χ3v) is 4.38. The Morgan fingerprint density at radius 2 is 2.00 bits per heavy atom. The van der Waals surface area contributed by atoms with E-state index in [0.29, 0.717) is 24.0 Å². The first-order valence-electron chi connectivity index (χ1n) is 8.99. The number of hydrogen-bond donors (Lipinski definition) is 1. The summed E-state index contributed by atoms with van der Waals surface area (Å²) >= 11 is 0. The van der Waals surface area contributed by atoms with Crippen LogP contribution in [0.25, 0.3) is 10.9 Å². The van der Waals surface area contributed by atoms with Crippen molar-refractivity contribution in [3.05, 3.63) is 64.4 Å². The lowest BCUT2D eigenvalue weighted by atomic mass is 10.2. The Bertz CT molecular complexity index is 999. The molecule has 7 nitrogen and oxygen atoms in total. The zero-order valence-electron chi connectivity index (χ0n) is 15.6. The van der Waals surface area contributed by atoms with Crippen molar-refractivity contribution >= 4 is 22.5 Å². The summed E-state index contributed by atoms with van der Waals surface area (Å²) in [6.07, 6.45) is 0. The van der Waals surface area contributed by atoms with Crippen molar-refractivity contribution in [3.8, 4) is 0 Å². The second-order valence-corrected chi connectivity index (χ2v) is 6.34. The average Bonchev–Trinajstić information content (AvgIpc) is 2.68. The van der Waals surface area contributed by atoms with Crippen LogP contribution >= 0.6 is 0 Å². The first-order chi connectivity index (χ1) is 13.1. The number of fused-ring (bicyclic) bond motifs is 1. The van der Waals surface area contributed by atoms with Gasteiger partial charge in [0.25, 0.3) is 5.56 Å². The predicted octanol–water partition coefficient (Wildman–Crippen LogP) is 1.74. The van der Waals surface area contributed by atoms with Gasteiger partial charge in [-0.15, -0.1) is 5.10 Å². The van der Waals surface area contributed by atoms with E-state index in [0.717, 1.165) is 16.9 Å². The smallest absolute Gasteiger partial charge is 0.278 e. The van der Waals surface area contributed by atoms with Crippen LogP contribution < -0.4 is 15.8 Å². The fourth-order valence-corrected chi connectivity index (χ4v) is 2.94. The summed E-state index contributed by atoms with van der Waals surface area (Å²) in [6, 6.07) is 15.2. The van der Waals surface area contributed by atoms with E-state index in [-0.39, 0.29) is 18.0 Å². The molecule has 0 spiro atoms. The Morgan fingerprint density at radius 1 is 1.19 bits per heavy atom. The van der Waals surface area contributed by atoms with Gasteiger partial charge in [-0.1, -0.05) is 29.5 Å². The monoisotopic (exact) mass is 365 g/mol. The standard InChI is InChI=1S/C20H23N5O2/c1-3-24(16-8-6-7-15(2)13-16)12-11-21-19(26)14-25-20(27)17-9-4-5-10-18(17)22-23-25/h4-10,13H,3,11-12,14H2,1-2H3,(H,21,26). The molecule has 140 valence electrons. The first-order valence-corrected chi connectivity index (χ1v) is 8.99. The molecule has 1 N–H and O–H groups in total. The molecule has 0 saturated carbocycles. The maximum atomic E-state index is 12.4. The SMILES string of the molecule is CCN(CCNC(=O)Cn1nnc2ccccc2c1=O)c1cccc(C)c1. The van der Waals surface area contributed by atoms with E-state index in [1.165, 1.54) is 5.56 Å². The fourth-order valence-electron chi connectivity index (χ4n) is 2.94. The van der Waals surface area contributed by atoms with Crippen molar-refractivity contribution in [3.63, 3.8) is 0 Å². The van der Waals surface area contributed by atoms with Crippen molar-refractivity contribution in [1.29, 1.82) is 0 Å². The van der Waals surface area contributed by atoms with E-state index in [1.54, 1.807) is 24.3 Å². The molecule has 0 saturated heterocycles. The summed E-state index contributed by atoms with van der Waals surface area (Å²) in [4.78, 5) is 26.8. The third-order valence-electron chi connectivity index (χ3n) is 4.38. The van der Waals surface area contributed by atoms with Crippen LogP contribution in [0, 0.1) is 6.92 Å². The molecule has 2 aromatic carbocycles. The molecule has 0 aliphatic heterocycles. The second kappa shape index (κ2) is 8.44. The average molecular weight is 365 g/mol. The lowest BCUT2D eigenvalue weighted by Gasteiger charge is -2.23. The van der Waals surface area contributed by atoms with E-state index < -0.39 is 0 Å². The minimum Gasteiger partial charge on any atom is -0.370 e. The van der Waals surface area contributed by atoms with Crippen LogP contribution in [0.3, 0.4) is 0 Å². The number of likely N-dealkylation sites (N-methyl/N-ethyl adjacent to an activating group) is 1. The molecule has 3 aromatic rings. The summed E-state index contributed by atoms with van der Waals surface area (Å²) < 4.78 is 1.09. The van der Waals surface area contributed by atoms with Crippen molar-refractivity contribution in [2.45, 2.75) is 20.4 Å². The first kappa shape index (κ1) is 18.6. The molecule has 27 heavy (non-hydrogen) atoms. The van der Waals surface area contributed by atoms with E-state index in [1.807, 2.05) is 6.07 Å². The van der Waals surface area contributed by atoms with E-state index in [9.17, 15) is 9.59 Å². The van der Waals surface area contributed by atoms with Crippen LogP contribution in [0.15, 0.2) is 53.3 Å².